The summed E-state index contributed by atoms with van der Waals surface area (Å²) in [6.45, 7) is 2.04. The highest BCUT2D eigenvalue weighted by atomic mass is 16.2. The zero-order valence-electron chi connectivity index (χ0n) is 12.1. The molecule has 0 fully saturated rings. The van der Waals surface area contributed by atoms with Gasteiger partial charge in [0.2, 0.25) is 0 Å². The van der Waals surface area contributed by atoms with E-state index in [1.54, 1.807) is 18.1 Å². The van der Waals surface area contributed by atoms with Crippen molar-refractivity contribution in [2.24, 2.45) is 0 Å². The summed E-state index contributed by atoms with van der Waals surface area (Å²) in [4.78, 5) is 18.6. The maximum absolute atomic E-state index is 12.7. The number of hydrogen-bond acceptors (Lipinski definition) is 2. The molecule has 0 unspecified atom stereocenters. The normalized spacial score (nSPS) is 10.6. The van der Waals surface area contributed by atoms with Crippen LogP contribution in [0.2, 0.25) is 0 Å². The molecule has 3 rings (SSSR count). The van der Waals surface area contributed by atoms with E-state index >= 15 is 0 Å². The van der Waals surface area contributed by atoms with E-state index in [2.05, 4.69) is 11.1 Å². The first-order valence-electron chi connectivity index (χ1n) is 6.85. The Morgan fingerprint density at radius 2 is 1.81 bits per heavy atom. The first-order valence-corrected chi connectivity index (χ1v) is 6.85. The molecule has 3 aromatic rings. The van der Waals surface area contributed by atoms with E-state index in [-0.39, 0.29) is 5.91 Å². The standard InChI is InChI=1S/C18H16N2O/c1-13-8-9-16-14(12-13)10-11-19-17(16)18(21)20(2)15-6-4-3-5-7-15/h3-12H,1-2H3. The molecule has 0 aliphatic rings. The molecule has 0 atom stereocenters. The van der Waals surface area contributed by atoms with Crippen LogP contribution in [0.4, 0.5) is 5.69 Å². The summed E-state index contributed by atoms with van der Waals surface area (Å²) < 4.78 is 0. The number of carbonyl (C=O) groups is 1. The van der Waals surface area contributed by atoms with Gasteiger partial charge in [0.25, 0.3) is 5.91 Å². The molecule has 0 radical (unpaired) electrons. The van der Waals surface area contributed by atoms with Crippen LogP contribution in [0.15, 0.2) is 60.8 Å². The zero-order valence-corrected chi connectivity index (χ0v) is 12.1. The van der Waals surface area contributed by atoms with Crippen molar-refractivity contribution in [1.82, 2.24) is 4.98 Å². The number of fused-ring (bicyclic) bond motifs is 1. The van der Waals surface area contributed by atoms with Gasteiger partial charge < -0.3 is 4.90 Å². The monoisotopic (exact) mass is 276 g/mol. The van der Waals surface area contributed by atoms with E-state index in [9.17, 15) is 4.79 Å². The molecule has 104 valence electrons. The fraction of sp³-hybridized carbons (Fsp3) is 0.111. The number of amides is 1. The van der Waals surface area contributed by atoms with E-state index in [0.717, 1.165) is 16.5 Å². The number of aryl methyl sites for hydroxylation is 1. The van der Waals surface area contributed by atoms with Crippen LogP contribution >= 0.6 is 0 Å². The number of nitrogens with zero attached hydrogens (tertiary/aromatic N) is 2. The first-order chi connectivity index (χ1) is 10.2. The lowest BCUT2D eigenvalue weighted by molar-refractivity contribution is 0.0990. The van der Waals surface area contributed by atoms with Crippen LogP contribution in [0.25, 0.3) is 10.8 Å². The molecule has 0 N–H and O–H groups in total. The number of benzene rings is 2. The quantitative estimate of drug-likeness (QED) is 0.713. The Hall–Kier alpha value is -2.68. The molecular formula is C18H16N2O. The topological polar surface area (TPSA) is 33.2 Å². The van der Waals surface area contributed by atoms with Gasteiger partial charge in [-0.1, -0.05) is 42.0 Å². The van der Waals surface area contributed by atoms with Gasteiger partial charge in [0.1, 0.15) is 5.69 Å². The summed E-state index contributed by atoms with van der Waals surface area (Å²) in [5, 5.41) is 1.92. The largest absolute Gasteiger partial charge is 0.310 e. The summed E-state index contributed by atoms with van der Waals surface area (Å²) in [6.07, 6.45) is 1.69. The minimum Gasteiger partial charge on any atom is -0.310 e. The van der Waals surface area contributed by atoms with Gasteiger partial charge in [-0.25, -0.2) is 0 Å². The van der Waals surface area contributed by atoms with E-state index in [1.165, 1.54) is 5.56 Å². The Morgan fingerprint density at radius 3 is 2.57 bits per heavy atom. The number of rotatable bonds is 2. The molecule has 1 amide bonds. The highest BCUT2D eigenvalue weighted by Gasteiger charge is 2.17. The third kappa shape index (κ3) is 2.50. The number of para-hydroxylation sites is 1. The minimum atomic E-state index is -0.101. The van der Waals surface area contributed by atoms with Crippen molar-refractivity contribution in [3.63, 3.8) is 0 Å². The van der Waals surface area contributed by atoms with Gasteiger partial charge in [-0.3, -0.25) is 9.78 Å². The van der Waals surface area contributed by atoms with Crippen LogP contribution in [0, 0.1) is 6.92 Å². The predicted octanol–water partition coefficient (Wildman–Crippen LogP) is 3.82. The van der Waals surface area contributed by atoms with Crippen molar-refractivity contribution in [2.75, 3.05) is 11.9 Å². The maximum atomic E-state index is 12.7. The molecule has 3 nitrogen and oxygen atoms in total. The SMILES string of the molecule is Cc1ccc2c(C(=O)N(C)c3ccccc3)nccc2c1. The van der Waals surface area contributed by atoms with Gasteiger partial charge in [-0.2, -0.15) is 0 Å². The van der Waals surface area contributed by atoms with Gasteiger partial charge >= 0.3 is 0 Å². The Balaban J connectivity index is 2.06. The molecule has 21 heavy (non-hydrogen) atoms. The van der Waals surface area contributed by atoms with E-state index < -0.39 is 0 Å². The van der Waals surface area contributed by atoms with Crippen molar-refractivity contribution in [3.05, 3.63) is 72.1 Å². The summed E-state index contributed by atoms with van der Waals surface area (Å²) in [7, 11) is 1.77. The molecule has 1 aromatic heterocycles. The Kier molecular flexibility index (Phi) is 3.40. The van der Waals surface area contributed by atoms with Crippen LogP contribution in [-0.2, 0) is 0 Å². The molecule has 0 saturated heterocycles. The summed E-state index contributed by atoms with van der Waals surface area (Å²) in [6, 6.07) is 17.5. The summed E-state index contributed by atoms with van der Waals surface area (Å²) >= 11 is 0. The highest BCUT2D eigenvalue weighted by Crippen LogP contribution is 2.21. The molecule has 0 spiro atoms. The van der Waals surface area contributed by atoms with Gasteiger partial charge in [0, 0.05) is 24.3 Å². The van der Waals surface area contributed by atoms with E-state index in [0.29, 0.717) is 5.69 Å². The summed E-state index contributed by atoms with van der Waals surface area (Å²) in [5.74, 6) is -0.101. The van der Waals surface area contributed by atoms with Crippen molar-refractivity contribution in [3.8, 4) is 0 Å². The Morgan fingerprint density at radius 1 is 1.05 bits per heavy atom. The minimum absolute atomic E-state index is 0.101. The Bertz CT molecular complexity index is 797. The van der Waals surface area contributed by atoms with Gasteiger partial charge in [-0.15, -0.1) is 0 Å². The van der Waals surface area contributed by atoms with Crippen LogP contribution in [0.3, 0.4) is 0 Å². The fourth-order valence-corrected chi connectivity index (χ4v) is 2.40. The van der Waals surface area contributed by atoms with Crippen LogP contribution < -0.4 is 4.90 Å². The van der Waals surface area contributed by atoms with Crippen molar-refractivity contribution in [2.45, 2.75) is 6.92 Å². The number of aromatic nitrogens is 1. The lowest BCUT2D eigenvalue weighted by atomic mass is 10.1. The highest BCUT2D eigenvalue weighted by molar-refractivity contribution is 6.12. The second-order valence-electron chi connectivity index (χ2n) is 5.08. The van der Waals surface area contributed by atoms with E-state index in [1.807, 2.05) is 55.5 Å². The molecule has 2 aromatic carbocycles. The molecule has 3 heteroatoms. The maximum Gasteiger partial charge on any atom is 0.277 e. The average molecular weight is 276 g/mol. The third-order valence-electron chi connectivity index (χ3n) is 3.57. The lowest BCUT2D eigenvalue weighted by Crippen LogP contribution is -2.27. The molecule has 0 aliphatic carbocycles. The number of pyridine rings is 1. The smallest absolute Gasteiger partial charge is 0.277 e. The van der Waals surface area contributed by atoms with Gasteiger partial charge in [0.15, 0.2) is 0 Å². The predicted molar refractivity (Wildman–Crippen MR) is 85.7 cm³/mol. The van der Waals surface area contributed by atoms with Crippen LogP contribution in [0.1, 0.15) is 16.1 Å². The molecule has 0 aliphatic heterocycles. The fourth-order valence-electron chi connectivity index (χ4n) is 2.40. The number of hydrogen-bond donors (Lipinski definition) is 0. The van der Waals surface area contributed by atoms with Gasteiger partial charge in [0.05, 0.1) is 0 Å². The third-order valence-corrected chi connectivity index (χ3v) is 3.57. The van der Waals surface area contributed by atoms with E-state index in [4.69, 9.17) is 0 Å². The molecule has 0 bridgehead atoms. The molecule has 1 heterocycles. The second kappa shape index (κ2) is 5.37. The lowest BCUT2D eigenvalue weighted by Gasteiger charge is -2.17. The van der Waals surface area contributed by atoms with Crippen molar-refractivity contribution < 1.29 is 4.79 Å². The van der Waals surface area contributed by atoms with Gasteiger partial charge in [-0.05, 0) is 30.5 Å². The van der Waals surface area contributed by atoms with Crippen LogP contribution in [-0.4, -0.2) is 17.9 Å². The van der Waals surface area contributed by atoms with Crippen molar-refractivity contribution in [1.29, 1.82) is 0 Å². The molecule has 0 saturated carbocycles. The van der Waals surface area contributed by atoms with Crippen LogP contribution in [0.5, 0.6) is 0 Å². The second-order valence-corrected chi connectivity index (χ2v) is 5.08. The average Bonchev–Trinajstić information content (AvgIpc) is 2.53. The van der Waals surface area contributed by atoms with Crippen molar-refractivity contribution >= 4 is 22.4 Å². The number of anilines is 1. The molecular weight excluding hydrogens is 260 g/mol. The first kappa shape index (κ1) is 13.3. The zero-order chi connectivity index (χ0) is 14.8. The number of carbonyl (C=O) groups excluding carboxylic acids is 1. The summed E-state index contributed by atoms with van der Waals surface area (Å²) in [5.41, 5.74) is 2.51. The Labute approximate surface area is 123 Å².